The van der Waals surface area contributed by atoms with Gasteiger partial charge in [-0.2, -0.15) is 0 Å². The molecule has 0 spiro atoms. The highest BCUT2D eigenvalue weighted by Crippen LogP contribution is 2.61. The second-order valence-corrected chi connectivity index (χ2v) is 11.0. The molecule has 3 saturated carbocycles. The fourth-order valence-electron chi connectivity index (χ4n) is 7.00. The minimum absolute atomic E-state index is 0.135. The zero-order valence-electron chi connectivity index (χ0n) is 21.4. The summed E-state index contributed by atoms with van der Waals surface area (Å²) in [5.41, 5.74) is 5.42. The molecule has 5 N–H and O–H groups in total. The van der Waals surface area contributed by atoms with Gasteiger partial charge in [0.1, 0.15) is 12.4 Å². The van der Waals surface area contributed by atoms with Gasteiger partial charge < -0.3 is 25.9 Å². The molecule has 9 nitrogen and oxygen atoms in total. The van der Waals surface area contributed by atoms with Crippen LogP contribution in [0.3, 0.4) is 0 Å². The van der Waals surface area contributed by atoms with E-state index in [0.717, 1.165) is 64.2 Å². The lowest BCUT2D eigenvalue weighted by molar-refractivity contribution is -0.159. The number of aliphatic carboxylic acids is 2. The van der Waals surface area contributed by atoms with Gasteiger partial charge >= 0.3 is 11.9 Å². The van der Waals surface area contributed by atoms with Gasteiger partial charge in [-0.15, -0.1) is 0 Å². The molecule has 0 bridgehead atoms. The summed E-state index contributed by atoms with van der Waals surface area (Å²) >= 11 is 0. The summed E-state index contributed by atoms with van der Waals surface area (Å²) in [4.78, 5) is 37.2. The van der Waals surface area contributed by atoms with Crippen molar-refractivity contribution in [1.29, 1.82) is 0 Å². The SMILES string of the molecule is CCC[C@@H](C/C=N/OCCN)[C@@]1(C)CC[C@H]2[C@@H](CC[C@@H]3C[C@@H](O)CC[C@@]32C)C1=O.O=C(O)C(=O)O. The van der Waals surface area contributed by atoms with Crippen molar-refractivity contribution in [3.05, 3.63) is 0 Å². The zero-order valence-corrected chi connectivity index (χ0v) is 21.4. The highest BCUT2D eigenvalue weighted by atomic mass is 16.6. The third kappa shape index (κ3) is 6.82. The molecule has 0 unspecified atom stereocenters. The maximum atomic E-state index is 13.9. The number of fused-ring (bicyclic) bond motifs is 3. The molecule has 7 atom stereocenters. The third-order valence-corrected chi connectivity index (χ3v) is 9.01. The Bertz CT molecular complexity index is 761. The Morgan fingerprint density at radius 1 is 1.17 bits per heavy atom. The fraction of sp³-hybridized carbons (Fsp3) is 0.846. The number of hydrogen-bond donors (Lipinski definition) is 4. The molecule has 35 heavy (non-hydrogen) atoms. The summed E-state index contributed by atoms with van der Waals surface area (Å²) < 4.78 is 0. The molecule has 0 saturated heterocycles. The maximum Gasteiger partial charge on any atom is 0.414 e. The van der Waals surface area contributed by atoms with Crippen LogP contribution in [0, 0.1) is 34.5 Å². The Morgan fingerprint density at radius 2 is 1.86 bits per heavy atom. The zero-order chi connectivity index (χ0) is 26.2. The molecule has 0 aliphatic heterocycles. The molecule has 0 aromatic rings. The number of Topliss-reactive ketones (excluding diaryl/α,β-unsaturated/α-hetero) is 1. The average Bonchev–Trinajstić information content (AvgIpc) is 2.81. The first kappa shape index (κ1) is 29.2. The van der Waals surface area contributed by atoms with Crippen molar-refractivity contribution in [3.63, 3.8) is 0 Å². The van der Waals surface area contributed by atoms with Gasteiger partial charge in [0.05, 0.1) is 6.10 Å². The topological polar surface area (TPSA) is 160 Å². The van der Waals surface area contributed by atoms with Crippen LogP contribution >= 0.6 is 0 Å². The van der Waals surface area contributed by atoms with Crippen molar-refractivity contribution >= 4 is 23.9 Å². The number of aliphatic hydroxyl groups is 1. The standard InChI is InChI=1S/C24H42N2O3.C2H2O4/c1-4-5-17(10-14-26-29-15-13-25)24(3)12-9-21-20(22(24)28)7-6-18-16-19(27)8-11-23(18,21)2;3-1(4)2(5)6/h14,17-21,27H,4-13,15-16,25H2,1-3H3;(H,3,4)(H,5,6)/b26-14+;/t17-,18+,19-,20+,21-,23-,24+;/m0./s1. The predicted molar refractivity (Wildman–Crippen MR) is 132 cm³/mol. The number of carbonyl (C=O) groups excluding carboxylic acids is 1. The first-order valence-electron chi connectivity index (χ1n) is 13.0. The lowest BCUT2D eigenvalue weighted by Gasteiger charge is -2.58. The number of ketones is 1. The second kappa shape index (κ2) is 12.8. The van der Waals surface area contributed by atoms with Crippen LogP contribution in [-0.2, 0) is 19.2 Å². The number of rotatable bonds is 8. The van der Waals surface area contributed by atoms with Crippen molar-refractivity contribution in [2.45, 2.75) is 91.1 Å². The minimum Gasteiger partial charge on any atom is -0.473 e. The highest BCUT2D eigenvalue weighted by Gasteiger charge is 2.58. The Balaban J connectivity index is 0.000000641. The lowest BCUT2D eigenvalue weighted by Crippen LogP contribution is -2.56. The van der Waals surface area contributed by atoms with E-state index < -0.39 is 11.9 Å². The van der Waals surface area contributed by atoms with E-state index in [0.29, 0.717) is 36.7 Å². The monoisotopic (exact) mass is 496 g/mol. The maximum absolute atomic E-state index is 13.9. The molecule has 3 aliphatic carbocycles. The van der Waals surface area contributed by atoms with Crippen molar-refractivity contribution in [2.24, 2.45) is 45.4 Å². The van der Waals surface area contributed by atoms with Crippen molar-refractivity contribution < 1.29 is 34.5 Å². The van der Waals surface area contributed by atoms with E-state index in [1.165, 1.54) is 0 Å². The van der Waals surface area contributed by atoms with E-state index in [-0.39, 0.29) is 22.9 Å². The molecule has 0 heterocycles. The number of hydrogen-bond acceptors (Lipinski definition) is 7. The van der Waals surface area contributed by atoms with Gasteiger partial charge in [-0.05, 0) is 81.0 Å². The van der Waals surface area contributed by atoms with Gasteiger partial charge in [0.2, 0.25) is 0 Å². The van der Waals surface area contributed by atoms with E-state index in [1.54, 1.807) is 0 Å². The molecule has 3 rings (SSSR count). The van der Waals surface area contributed by atoms with Gasteiger partial charge in [0.15, 0.2) is 0 Å². The highest BCUT2D eigenvalue weighted by molar-refractivity contribution is 6.27. The summed E-state index contributed by atoms with van der Waals surface area (Å²) in [6.45, 7) is 7.74. The van der Waals surface area contributed by atoms with E-state index in [4.69, 9.17) is 30.4 Å². The van der Waals surface area contributed by atoms with Crippen molar-refractivity contribution in [1.82, 2.24) is 0 Å². The summed E-state index contributed by atoms with van der Waals surface area (Å²) in [7, 11) is 0. The molecule has 0 aromatic heterocycles. The summed E-state index contributed by atoms with van der Waals surface area (Å²) in [6.07, 6.45) is 11.8. The van der Waals surface area contributed by atoms with Gasteiger partial charge in [-0.25, -0.2) is 9.59 Å². The summed E-state index contributed by atoms with van der Waals surface area (Å²) in [5.74, 6) is -1.53. The largest absolute Gasteiger partial charge is 0.473 e. The Hall–Kier alpha value is -2.00. The van der Waals surface area contributed by atoms with Crippen LogP contribution in [-0.4, -0.2) is 58.5 Å². The quantitative estimate of drug-likeness (QED) is 0.172. The Kier molecular flexibility index (Phi) is 10.7. The van der Waals surface area contributed by atoms with Crippen LogP contribution < -0.4 is 5.73 Å². The lowest BCUT2D eigenvalue weighted by atomic mass is 9.45. The number of nitrogens with two attached hydrogens (primary N) is 1. The van der Waals surface area contributed by atoms with E-state index in [9.17, 15) is 9.90 Å². The van der Waals surface area contributed by atoms with Gasteiger partial charge in [0, 0.05) is 24.1 Å². The number of aliphatic hydroxyl groups excluding tert-OH is 1. The minimum atomic E-state index is -1.82. The third-order valence-electron chi connectivity index (χ3n) is 9.01. The van der Waals surface area contributed by atoms with Gasteiger partial charge in [-0.1, -0.05) is 32.3 Å². The normalized spacial score (nSPS) is 35.3. The van der Waals surface area contributed by atoms with Crippen molar-refractivity contribution in [3.8, 4) is 0 Å². The average molecular weight is 497 g/mol. The molecule has 0 radical (unpaired) electrons. The Labute approximate surface area is 208 Å². The summed E-state index contributed by atoms with van der Waals surface area (Å²) in [5, 5.41) is 29.0. The van der Waals surface area contributed by atoms with Gasteiger partial charge in [-0.3, -0.25) is 4.79 Å². The molecule has 0 amide bonds. The predicted octanol–water partition coefficient (Wildman–Crippen LogP) is 3.47. The number of oxime groups is 1. The van der Waals surface area contributed by atoms with Gasteiger partial charge in [0.25, 0.3) is 0 Å². The second-order valence-electron chi connectivity index (χ2n) is 11.0. The van der Waals surface area contributed by atoms with Crippen LogP contribution in [0.15, 0.2) is 5.16 Å². The Morgan fingerprint density at radius 3 is 2.46 bits per heavy atom. The van der Waals surface area contributed by atoms with Crippen LogP contribution in [0.4, 0.5) is 0 Å². The first-order chi connectivity index (χ1) is 16.5. The van der Waals surface area contributed by atoms with Crippen LogP contribution in [0.2, 0.25) is 0 Å². The smallest absolute Gasteiger partial charge is 0.414 e. The number of carboxylic acid groups (broad SMARTS) is 2. The van der Waals surface area contributed by atoms with E-state index >= 15 is 0 Å². The van der Waals surface area contributed by atoms with Crippen LogP contribution in [0.5, 0.6) is 0 Å². The van der Waals surface area contributed by atoms with Crippen LogP contribution in [0.1, 0.15) is 85.0 Å². The molecule has 0 aromatic carbocycles. The molecular weight excluding hydrogens is 452 g/mol. The molecular formula is C26H44N2O7. The number of carbonyl (C=O) groups is 3. The summed E-state index contributed by atoms with van der Waals surface area (Å²) in [6, 6.07) is 0. The molecule has 9 heteroatoms. The molecule has 200 valence electrons. The molecule has 3 aliphatic rings. The van der Waals surface area contributed by atoms with E-state index in [2.05, 4.69) is 25.9 Å². The number of nitrogens with zero attached hydrogens (tertiary/aromatic N) is 1. The fourth-order valence-corrected chi connectivity index (χ4v) is 7.00. The molecule has 3 fully saturated rings. The number of carboxylic acids is 2. The van der Waals surface area contributed by atoms with Crippen molar-refractivity contribution in [2.75, 3.05) is 13.2 Å². The van der Waals surface area contributed by atoms with E-state index in [1.807, 2.05) is 6.21 Å². The first-order valence-corrected chi connectivity index (χ1v) is 13.0. The van der Waals surface area contributed by atoms with Crippen LogP contribution in [0.25, 0.3) is 0 Å².